The molecule has 1 rings (SSSR count). The molecule has 24 heavy (non-hydrogen) atoms. The maximum Gasteiger partial charge on any atom is 0.191 e. The molecule has 0 aliphatic carbocycles. The molecular weight excluding hydrogens is 501 g/mol. The van der Waals surface area contributed by atoms with Gasteiger partial charge in [-0.15, -0.1) is 35.3 Å². The molecule has 7 heteroatoms. The van der Waals surface area contributed by atoms with Crippen molar-refractivity contribution in [1.82, 2.24) is 10.6 Å². The van der Waals surface area contributed by atoms with Gasteiger partial charge in [0.1, 0.15) is 0 Å². The zero-order valence-electron chi connectivity index (χ0n) is 14.8. The average Bonchev–Trinajstić information content (AvgIpc) is 2.89. The number of nitrogens with one attached hydrogen (secondary N) is 2. The summed E-state index contributed by atoms with van der Waals surface area (Å²) < 4.78 is 1.17. The van der Waals surface area contributed by atoms with Crippen LogP contribution in [-0.4, -0.2) is 37.3 Å². The molecule has 3 N–H and O–H groups in total. The summed E-state index contributed by atoms with van der Waals surface area (Å²) in [6.07, 6.45) is 2.92. The van der Waals surface area contributed by atoms with Gasteiger partial charge in [0.2, 0.25) is 0 Å². The molecule has 0 saturated heterocycles. The molecule has 0 saturated carbocycles. The minimum absolute atomic E-state index is 0. The summed E-state index contributed by atoms with van der Waals surface area (Å²) in [5, 5.41) is 15.9. The third kappa shape index (κ3) is 10.9. The minimum Gasteiger partial charge on any atom is -0.396 e. The summed E-state index contributed by atoms with van der Waals surface area (Å²) in [5.41, 5.74) is 0. The fourth-order valence-electron chi connectivity index (χ4n) is 2.49. The minimum atomic E-state index is 0. The molecule has 0 amide bonds. The first kappa shape index (κ1) is 24.1. The number of hydrogen-bond acceptors (Lipinski definition) is 3. The Balaban J connectivity index is 0.00000529. The highest BCUT2D eigenvalue weighted by Crippen LogP contribution is 2.22. The first-order valence-corrected chi connectivity index (χ1v) is 10.0. The van der Waals surface area contributed by atoms with Gasteiger partial charge in [-0.05, 0) is 66.1 Å². The van der Waals surface area contributed by atoms with Crippen molar-refractivity contribution in [1.29, 1.82) is 0 Å². The third-order valence-corrected chi connectivity index (χ3v) is 5.17. The van der Waals surface area contributed by atoms with Crippen molar-refractivity contribution in [3.05, 3.63) is 20.8 Å². The SMILES string of the molecule is CCNC(=NCC(CCO)CC(C)C)NCCc1ccc(Br)s1.I. The molecule has 0 radical (unpaired) electrons. The smallest absolute Gasteiger partial charge is 0.191 e. The predicted molar refractivity (Wildman–Crippen MR) is 120 cm³/mol. The molecule has 1 heterocycles. The summed E-state index contributed by atoms with van der Waals surface area (Å²) in [4.78, 5) is 6.06. The average molecular weight is 532 g/mol. The van der Waals surface area contributed by atoms with E-state index in [2.05, 4.69) is 59.5 Å². The standard InChI is InChI=1S/C17H30BrN3OS.HI/c1-4-19-17(20-9-7-15-5-6-16(18)23-15)21-12-14(8-10-22)11-13(2)3;/h5-6,13-14,22H,4,7-12H2,1-3H3,(H2,19,20,21);1H. The van der Waals surface area contributed by atoms with Crippen LogP contribution in [-0.2, 0) is 6.42 Å². The van der Waals surface area contributed by atoms with E-state index in [0.717, 1.165) is 44.9 Å². The fourth-order valence-corrected chi connectivity index (χ4v) is 3.97. The van der Waals surface area contributed by atoms with Gasteiger partial charge < -0.3 is 15.7 Å². The van der Waals surface area contributed by atoms with Crippen LogP contribution in [0.1, 0.15) is 38.5 Å². The summed E-state index contributed by atoms with van der Waals surface area (Å²) in [5.74, 6) is 1.95. The van der Waals surface area contributed by atoms with Gasteiger partial charge in [0, 0.05) is 31.1 Å². The van der Waals surface area contributed by atoms with Crippen molar-refractivity contribution < 1.29 is 5.11 Å². The van der Waals surface area contributed by atoms with E-state index in [-0.39, 0.29) is 30.6 Å². The van der Waals surface area contributed by atoms with Gasteiger partial charge in [0.25, 0.3) is 0 Å². The number of thiophene rings is 1. The maximum atomic E-state index is 9.21. The molecule has 0 aliphatic heterocycles. The van der Waals surface area contributed by atoms with E-state index in [1.807, 2.05) is 0 Å². The summed E-state index contributed by atoms with van der Waals surface area (Å²) in [7, 11) is 0. The Hall–Kier alpha value is 0.140. The van der Waals surface area contributed by atoms with E-state index in [4.69, 9.17) is 4.99 Å². The van der Waals surface area contributed by atoms with Gasteiger partial charge in [-0.25, -0.2) is 0 Å². The topological polar surface area (TPSA) is 56.7 Å². The molecule has 1 aromatic heterocycles. The van der Waals surface area contributed by atoms with Gasteiger partial charge in [-0.3, -0.25) is 4.99 Å². The molecular formula is C17H31BrIN3OS. The number of aliphatic hydroxyl groups is 1. The van der Waals surface area contributed by atoms with Crippen LogP contribution in [0.5, 0.6) is 0 Å². The quantitative estimate of drug-likeness (QED) is 0.240. The van der Waals surface area contributed by atoms with Crippen molar-refractivity contribution >= 4 is 57.2 Å². The highest BCUT2D eigenvalue weighted by molar-refractivity contribution is 14.0. The fraction of sp³-hybridized carbons (Fsp3) is 0.706. The number of aliphatic hydroxyl groups excluding tert-OH is 1. The molecule has 1 aromatic rings. The second kappa shape index (κ2) is 14.3. The number of rotatable bonds is 10. The van der Waals surface area contributed by atoms with Crippen molar-refractivity contribution in [3.8, 4) is 0 Å². The Morgan fingerprint density at radius 1 is 1.33 bits per heavy atom. The van der Waals surface area contributed by atoms with E-state index in [0.29, 0.717) is 11.8 Å². The molecule has 0 spiro atoms. The first-order valence-electron chi connectivity index (χ1n) is 8.42. The molecule has 0 aromatic carbocycles. The van der Waals surface area contributed by atoms with Crippen LogP contribution < -0.4 is 10.6 Å². The van der Waals surface area contributed by atoms with Gasteiger partial charge in [0.05, 0.1) is 3.79 Å². The van der Waals surface area contributed by atoms with Gasteiger partial charge >= 0.3 is 0 Å². The Morgan fingerprint density at radius 3 is 2.62 bits per heavy atom. The zero-order valence-corrected chi connectivity index (χ0v) is 19.6. The Kier molecular flexibility index (Phi) is 14.4. The summed E-state index contributed by atoms with van der Waals surface area (Å²) in [6.45, 7) is 9.24. The van der Waals surface area contributed by atoms with Crippen LogP contribution >= 0.6 is 51.2 Å². The van der Waals surface area contributed by atoms with E-state index >= 15 is 0 Å². The number of guanidine groups is 1. The van der Waals surface area contributed by atoms with Crippen LogP contribution in [0.3, 0.4) is 0 Å². The number of aliphatic imine (C=N–C) groups is 1. The highest BCUT2D eigenvalue weighted by atomic mass is 127. The van der Waals surface area contributed by atoms with Gasteiger partial charge in [-0.1, -0.05) is 13.8 Å². The van der Waals surface area contributed by atoms with Crippen LogP contribution in [0, 0.1) is 11.8 Å². The largest absolute Gasteiger partial charge is 0.396 e. The highest BCUT2D eigenvalue weighted by Gasteiger charge is 2.10. The van der Waals surface area contributed by atoms with Crippen molar-refractivity contribution in [3.63, 3.8) is 0 Å². The monoisotopic (exact) mass is 531 g/mol. The van der Waals surface area contributed by atoms with Gasteiger partial charge in [-0.2, -0.15) is 0 Å². The third-order valence-electron chi connectivity index (χ3n) is 3.49. The van der Waals surface area contributed by atoms with Crippen LogP contribution in [0.15, 0.2) is 20.9 Å². The molecule has 140 valence electrons. The summed E-state index contributed by atoms with van der Waals surface area (Å²) in [6, 6.07) is 4.24. The first-order chi connectivity index (χ1) is 11.0. The second-order valence-electron chi connectivity index (χ2n) is 6.11. The van der Waals surface area contributed by atoms with Crippen molar-refractivity contribution in [2.75, 3.05) is 26.2 Å². The lowest BCUT2D eigenvalue weighted by Crippen LogP contribution is -2.38. The molecule has 0 fully saturated rings. The molecule has 1 unspecified atom stereocenters. The van der Waals surface area contributed by atoms with Crippen molar-refractivity contribution in [2.24, 2.45) is 16.8 Å². The number of nitrogens with zero attached hydrogens (tertiary/aromatic N) is 1. The van der Waals surface area contributed by atoms with E-state index in [1.54, 1.807) is 11.3 Å². The molecule has 0 bridgehead atoms. The zero-order chi connectivity index (χ0) is 17.1. The Labute approximate surface area is 176 Å². The predicted octanol–water partition coefficient (Wildman–Crippen LogP) is 4.27. The normalized spacial score (nSPS) is 12.8. The van der Waals surface area contributed by atoms with Crippen LogP contribution in [0.25, 0.3) is 0 Å². The molecule has 0 aliphatic rings. The Morgan fingerprint density at radius 2 is 2.08 bits per heavy atom. The second-order valence-corrected chi connectivity index (χ2v) is 8.66. The maximum absolute atomic E-state index is 9.21. The Bertz CT molecular complexity index is 468. The number of hydrogen-bond donors (Lipinski definition) is 3. The van der Waals surface area contributed by atoms with E-state index < -0.39 is 0 Å². The molecule has 1 atom stereocenters. The van der Waals surface area contributed by atoms with E-state index in [9.17, 15) is 5.11 Å². The van der Waals surface area contributed by atoms with Crippen molar-refractivity contribution in [2.45, 2.75) is 40.0 Å². The summed E-state index contributed by atoms with van der Waals surface area (Å²) >= 11 is 5.27. The van der Waals surface area contributed by atoms with E-state index in [1.165, 1.54) is 8.66 Å². The van der Waals surface area contributed by atoms with Crippen LogP contribution in [0.4, 0.5) is 0 Å². The lowest BCUT2D eigenvalue weighted by Gasteiger charge is -2.17. The van der Waals surface area contributed by atoms with Gasteiger partial charge in [0.15, 0.2) is 5.96 Å². The lowest BCUT2D eigenvalue weighted by atomic mass is 9.94. The lowest BCUT2D eigenvalue weighted by molar-refractivity contribution is 0.245. The van der Waals surface area contributed by atoms with Crippen LogP contribution in [0.2, 0.25) is 0 Å². The number of halogens is 2. The molecule has 4 nitrogen and oxygen atoms in total.